The highest BCUT2D eigenvalue weighted by Gasteiger charge is 2.33. The van der Waals surface area contributed by atoms with Crippen molar-refractivity contribution in [2.45, 2.75) is 26.2 Å². The quantitative estimate of drug-likeness (QED) is 0.839. The molecule has 2 N–H and O–H groups in total. The van der Waals surface area contributed by atoms with Crippen molar-refractivity contribution >= 4 is 11.7 Å². The van der Waals surface area contributed by atoms with Crippen LogP contribution in [0.4, 0.5) is 0 Å². The Hall–Kier alpha value is -2.04. The van der Waals surface area contributed by atoms with Crippen molar-refractivity contribution in [3.63, 3.8) is 0 Å². The Labute approximate surface area is 98.8 Å². The number of hydrogen-bond donors (Lipinski definition) is 2. The van der Waals surface area contributed by atoms with Crippen LogP contribution in [0.2, 0.25) is 0 Å². The molecule has 0 radical (unpaired) electrons. The lowest BCUT2D eigenvalue weighted by atomic mass is 9.88. The van der Waals surface area contributed by atoms with Gasteiger partial charge in [-0.1, -0.05) is 6.92 Å². The van der Waals surface area contributed by atoms with Crippen LogP contribution in [0.3, 0.4) is 0 Å². The zero-order valence-electron chi connectivity index (χ0n) is 9.73. The fourth-order valence-electron chi connectivity index (χ4n) is 1.99. The zero-order valence-corrected chi connectivity index (χ0v) is 9.73. The number of rotatable bonds is 3. The summed E-state index contributed by atoms with van der Waals surface area (Å²) in [4.78, 5) is 11.3. The van der Waals surface area contributed by atoms with Crippen molar-refractivity contribution in [3.8, 4) is 0 Å². The molecule has 2 rings (SSSR count). The molecule has 0 saturated heterocycles. The summed E-state index contributed by atoms with van der Waals surface area (Å²) >= 11 is 0. The van der Waals surface area contributed by atoms with E-state index in [1.807, 2.05) is 6.92 Å². The number of allylic oxidation sites excluding steroid dienone is 1. The minimum atomic E-state index is -0.947. The Morgan fingerprint density at radius 2 is 2.41 bits per heavy atom. The van der Waals surface area contributed by atoms with Gasteiger partial charge in [0, 0.05) is 5.70 Å². The molecular weight excluding hydrogens is 220 g/mol. The molecular formula is C12H14N2O3. The lowest BCUT2D eigenvalue weighted by Crippen LogP contribution is -2.29. The van der Waals surface area contributed by atoms with Crippen molar-refractivity contribution < 1.29 is 14.3 Å². The van der Waals surface area contributed by atoms with Crippen molar-refractivity contribution in [3.05, 3.63) is 35.4 Å². The van der Waals surface area contributed by atoms with Gasteiger partial charge in [-0.2, -0.15) is 5.10 Å². The Balaban J connectivity index is 2.50. The second kappa shape index (κ2) is 4.45. The lowest BCUT2D eigenvalue weighted by Gasteiger charge is -2.23. The van der Waals surface area contributed by atoms with Crippen LogP contribution in [-0.2, 0) is 4.79 Å². The van der Waals surface area contributed by atoms with Crippen LogP contribution in [0.15, 0.2) is 39.2 Å². The first-order valence-electron chi connectivity index (χ1n) is 5.45. The van der Waals surface area contributed by atoms with Gasteiger partial charge in [-0.25, -0.2) is 4.79 Å². The molecule has 17 heavy (non-hydrogen) atoms. The van der Waals surface area contributed by atoms with E-state index in [2.05, 4.69) is 10.5 Å². The van der Waals surface area contributed by atoms with E-state index in [1.54, 1.807) is 25.3 Å². The topological polar surface area (TPSA) is 74.8 Å². The zero-order chi connectivity index (χ0) is 12.4. The number of aliphatic carboxylic acids is 1. The Kier molecular flexibility index (Phi) is 2.99. The van der Waals surface area contributed by atoms with E-state index < -0.39 is 11.9 Å². The molecule has 0 amide bonds. The molecule has 1 aromatic rings. The van der Waals surface area contributed by atoms with E-state index >= 15 is 0 Å². The largest absolute Gasteiger partial charge is 0.478 e. The van der Waals surface area contributed by atoms with Gasteiger partial charge in [-0.15, -0.1) is 0 Å². The number of hydrazone groups is 1. The summed E-state index contributed by atoms with van der Waals surface area (Å²) in [5, 5.41) is 13.5. The highest BCUT2D eigenvalue weighted by molar-refractivity contribution is 6.03. The van der Waals surface area contributed by atoms with Gasteiger partial charge in [0.15, 0.2) is 0 Å². The third-order valence-electron chi connectivity index (χ3n) is 2.81. The Morgan fingerprint density at radius 1 is 1.65 bits per heavy atom. The second-order valence-electron chi connectivity index (χ2n) is 3.86. The van der Waals surface area contributed by atoms with Gasteiger partial charge in [0.25, 0.3) is 0 Å². The van der Waals surface area contributed by atoms with E-state index in [0.717, 1.165) is 5.71 Å². The number of carboxylic acids is 1. The molecule has 0 aliphatic carbocycles. The molecule has 0 spiro atoms. The monoisotopic (exact) mass is 234 g/mol. The SMILES string of the molecule is CCC1=NNC(C)=C(C(=O)O)C1c1ccco1. The highest BCUT2D eigenvalue weighted by Crippen LogP contribution is 2.31. The maximum absolute atomic E-state index is 11.3. The van der Waals surface area contributed by atoms with Gasteiger partial charge in [-0.3, -0.25) is 5.43 Å². The van der Waals surface area contributed by atoms with Gasteiger partial charge < -0.3 is 9.52 Å². The van der Waals surface area contributed by atoms with Crippen LogP contribution >= 0.6 is 0 Å². The summed E-state index contributed by atoms with van der Waals surface area (Å²) in [6.45, 7) is 3.64. The fourth-order valence-corrected chi connectivity index (χ4v) is 1.99. The van der Waals surface area contributed by atoms with Gasteiger partial charge in [0.1, 0.15) is 5.76 Å². The van der Waals surface area contributed by atoms with Crippen LogP contribution in [-0.4, -0.2) is 16.8 Å². The van der Waals surface area contributed by atoms with E-state index in [0.29, 0.717) is 23.5 Å². The molecule has 90 valence electrons. The average Bonchev–Trinajstić information content (AvgIpc) is 2.81. The van der Waals surface area contributed by atoms with E-state index in [-0.39, 0.29) is 0 Å². The molecule has 5 heteroatoms. The third kappa shape index (κ3) is 1.95. The molecule has 0 aromatic carbocycles. The maximum atomic E-state index is 11.3. The summed E-state index contributed by atoms with van der Waals surface area (Å²) in [6.07, 6.45) is 2.21. The number of nitrogens with one attached hydrogen (secondary N) is 1. The van der Waals surface area contributed by atoms with Crippen LogP contribution in [0.5, 0.6) is 0 Å². The number of hydrogen-bond acceptors (Lipinski definition) is 4. The second-order valence-corrected chi connectivity index (χ2v) is 3.86. The molecule has 5 nitrogen and oxygen atoms in total. The summed E-state index contributed by atoms with van der Waals surface area (Å²) in [5.41, 5.74) is 4.37. The maximum Gasteiger partial charge on any atom is 0.334 e. The molecule has 2 heterocycles. The van der Waals surface area contributed by atoms with Crippen molar-refractivity contribution in [2.24, 2.45) is 5.10 Å². The molecule has 0 saturated carbocycles. The van der Waals surface area contributed by atoms with E-state index in [4.69, 9.17) is 4.42 Å². The summed E-state index contributed by atoms with van der Waals surface area (Å²) < 4.78 is 5.33. The van der Waals surface area contributed by atoms with Gasteiger partial charge in [0.2, 0.25) is 0 Å². The number of carboxylic acid groups (broad SMARTS) is 1. The van der Waals surface area contributed by atoms with Gasteiger partial charge in [-0.05, 0) is 25.5 Å². The van der Waals surface area contributed by atoms with Crippen LogP contribution in [0, 0.1) is 0 Å². The average molecular weight is 234 g/mol. The highest BCUT2D eigenvalue weighted by atomic mass is 16.4. The molecule has 1 aromatic heterocycles. The van der Waals surface area contributed by atoms with Crippen molar-refractivity contribution in [2.75, 3.05) is 0 Å². The predicted molar refractivity (Wildman–Crippen MR) is 62.6 cm³/mol. The summed E-state index contributed by atoms with van der Waals surface area (Å²) in [5.74, 6) is -0.727. The van der Waals surface area contributed by atoms with Crippen molar-refractivity contribution in [1.29, 1.82) is 0 Å². The van der Waals surface area contributed by atoms with Crippen molar-refractivity contribution in [1.82, 2.24) is 5.43 Å². The Morgan fingerprint density at radius 3 is 2.94 bits per heavy atom. The fraction of sp³-hybridized carbons (Fsp3) is 0.333. The first-order chi connectivity index (χ1) is 8.15. The van der Waals surface area contributed by atoms with E-state index in [1.165, 1.54) is 0 Å². The third-order valence-corrected chi connectivity index (χ3v) is 2.81. The van der Waals surface area contributed by atoms with Crippen LogP contribution in [0.1, 0.15) is 31.9 Å². The van der Waals surface area contributed by atoms with Gasteiger partial charge >= 0.3 is 5.97 Å². The molecule has 0 bridgehead atoms. The number of carbonyl (C=O) groups is 1. The first-order valence-corrected chi connectivity index (χ1v) is 5.45. The van der Waals surface area contributed by atoms with Crippen LogP contribution in [0.25, 0.3) is 0 Å². The molecule has 1 aliphatic rings. The summed E-state index contributed by atoms with van der Waals surface area (Å²) in [6, 6.07) is 3.52. The smallest absolute Gasteiger partial charge is 0.334 e. The van der Waals surface area contributed by atoms with Crippen LogP contribution < -0.4 is 5.43 Å². The van der Waals surface area contributed by atoms with Gasteiger partial charge in [0.05, 0.1) is 23.5 Å². The normalized spacial score (nSPS) is 19.9. The predicted octanol–water partition coefficient (Wildman–Crippen LogP) is 2.09. The lowest BCUT2D eigenvalue weighted by molar-refractivity contribution is -0.133. The van der Waals surface area contributed by atoms with E-state index in [9.17, 15) is 9.90 Å². The minimum Gasteiger partial charge on any atom is -0.478 e. The number of furan rings is 1. The molecule has 1 atom stereocenters. The standard InChI is InChI=1S/C12H14N2O3/c1-3-8-11(9-5-4-6-17-9)10(12(15)16)7(2)13-14-8/h4-6,11,13H,3H2,1-2H3,(H,15,16). The molecule has 0 fully saturated rings. The Bertz CT molecular complexity index is 486. The molecule has 1 aliphatic heterocycles. The molecule has 1 unspecified atom stereocenters. The summed E-state index contributed by atoms with van der Waals surface area (Å²) in [7, 11) is 0. The number of nitrogens with zero attached hydrogens (tertiary/aromatic N) is 1. The first kappa shape index (κ1) is 11.4. The minimum absolute atomic E-state index is 0.298.